The summed E-state index contributed by atoms with van der Waals surface area (Å²) in [6, 6.07) is 11.2. The highest BCUT2D eigenvalue weighted by Crippen LogP contribution is 2.25. The molecule has 32 heavy (non-hydrogen) atoms. The molecule has 2 N–H and O–H groups in total. The number of hydrogen-bond donors (Lipinski definition) is 2. The van der Waals surface area contributed by atoms with E-state index in [1.165, 1.54) is 0 Å². The fourth-order valence-corrected chi connectivity index (χ4v) is 3.39. The minimum Gasteiger partial charge on any atom is -0.464 e. The zero-order valence-corrected chi connectivity index (χ0v) is 19.1. The van der Waals surface area contributed by atoms with E-state index in [1.807, 2.05) is 0 Å². The molecule has 0 aliphatic heterocycles. The molecule has 0 radical (unpaired) electrons. The summed E-state index contributed by atoms with van der Waals surface area (Å²) >= 11 is 6.31. The van der Waals surface area contributed by atoms with Gasteiger partial charge in [-0.15, -0.1) is 0 Å². The molecule has 1 atom stereocenters. The highest BCUT2D eigenvalue weighted by molar-refractivity contribution is 6.34. The Kier molecular flexibility index (Phi) is 6.89. The molecular weight excluding hydrogens is 432 g/mol. The number of alkyl carbamates (subject to hydrolysis) is 1. The Hall–Kier alpha value is -3.32. The Morgan fingerprint density at radius 2 is 1.88 bits per heavy atom. The number of ether oxygens (including phenoxy) is 1. The Morgan fingerprint density at radius 1 is 1.12 bits per heavy atom. The fraction of sp³-hybridized carbons (Fsp3) is 0.292. The molecule has 168 valence electrons. The second-order valence-corrected chi connectivity index (χ2v) is 8.82. The van der Waals surface area contributed by atoms with Crippen LogP contribution in [0.2, 0.25) is 5.02 Å². The molecule has 0 saturated carbocycles. The van der Waals surface area contributed by atoms with Gasteiger partial charge in [0.05, 0.1) is 22.9 Å². The summed E-state index contributed by atoms with van der Waals surface area (Å²) in [4.78, 5) is 37.7. The maximum atomic E-state index is 13.0. The van der Waals surface area contributed by atoms with Crippen LogP contribution in [0.25, 0.3) is 11.0 Å². The Morgan fingerprint density at radius 3 is 2.59 bits per heavy atom. The molecule has 1 heterocycles. The molecule has 0 spiro atoms. The van der Waals surface area contributed by atoms with Crippen LogP contribution in [0.4, 0.5) is 10.5 Å². The number of ketones is 1. The predicted octanol–water partition coefficient (Wildman–Crippen LogP) is 5.36. The first-order valence-corrected chi connectivity index (χ1v) is 10.5. The number of Topliss-reactive ketones (excluding diaryl/α,β-unsaturated/α-hetero) is 1. The van der Waals surface area contributed by atoms with E-state index in [2.05, 4.69) is 10.6 Å². The van der Waals surface area contributed by atoms with Gasteiger partial charge in [-0.25, -0.2) is 4.79 Å². The number of carbonyl (C=O) groups is 3. The maximum absolute atomic E-state index is 13.0. The number of halogens is 1. The Balaban J connectivity index is 1.74. The van der Waals surface area contributed by atoms with Crippen molar-refractivity contribution in [2.45, 2.75) is 45.8 Å². The van der Waals surface area contributed by atoms with Crippen LogP contribution in [-0.4, -0.2) is 29.4 Å². The van der Waals surface area contributed by atoms with E-state index < -0.39 is 23.6 Å². The van der Waals surface area contributed by atoms with Crippen molar-refractivity contribution < 1.29 is 23.5 Å². The summed E-state index contributed by atoms with van der Waals surface area (Å²) in [7, 11) is 0. The number of hydrogen-bond acceptors (Lipinski definition) is 5. The molecule has 0 saturated heterocycles. The number of fused-ring (bicyclic) bond motifs is 1. The first-order valence-electron chi connectivity index (χ1n) is 10.1. The van der Waals surface area contributed by atoms with Gasteiger partial charge in [-0.2, -0.15) is 0 Å². The van der Waals surface area contributed by atoms with Crippen LogP contribution in [0, 0.1) is 0 Å². The van der Waals surface area contributed by atoms with E-state index in [0.29, 0.717) is 16.8 Å². The van der Waals surface area contributed by atoms with Gasteiger partial charge in [0.2, 0.25) is 0 Å². The van der Waals surface area contributed by atoms with Crippen LogP contribution >= 0.6 is 11.6 Å². The smallest absolute Gasteiger partial charge is 0.408 e. The van der Waals surface area contributed by atoms with E-state index in [0.717, 1.165) is 5.39 Å². The minimum absolute atomic E-state index is 0.0823. The third kappa shape index (κ3) is 5.88. The largest absolute Gasteiger partial charge is 0.464 e. The first kappa shape index (κ1) is 23.3. The van der Waals surface area contributed by atoms with Gasteiger partial charge in [0.15, 0.2) is 5.78 Å². The highest BCUT2D eigenvalue weighted by atomic mass is 35.5. The quantitative estimate of drug-likeness (QED) is 0.520. The summed E-state index contributed by atoms with van der Waals surface area (Å²) in [6.07, 6.45) is 0.804. The summed E-state index contributed by atoms with van der Waals surface area (Å²) in [5, 5.41) is 6.41. The van der Waals surface area contributed by atoms with Crippen molar-refractivity contribution in [3.63, 3.8) is 0 Å². The zero-order chi connectivity index (χ0) is 23.5. The van der Waals surface area contributed by atoms with Crippen molar-refractivity contribution in [1.29, 1.82) is 0 Å². The molecule has 2 aromatic carbocycles. The number of amides is 2. The van der Waals surface area contributed by atoms with Gasteiger partial charge >= 0.3 is 6.09 Å². The van der Waals surface area contributed by atoms with Gasteiger partial charge in [-0.3, -0.25) is 9.59 Å². The lowest BCUT2D eigenvalue weighted by Crippen LogP contribution is -2.42. The Labute approximate surface area is 191 Å². The number of rotatable bonds is 6. The molecule has 2 amide bonds. The normalized spacial score (nSPS) is 12.3. The van der Waals surface area contributed by atoms with E-state index in [9.17, 15) is 14.4 Å². The average Bonchev–Trinajstić information content (AvgIpc) is 3.14. The Bertz CT molecular complexity index is 1160. The van der Waals surface area contributed by atoms with E-state index in [1.54, 1.807) is 76.4 Å². The maximum Gasteiger partial charge on any atom is 0.408 e. The molecule has 0 aliphatic carbocycles. The molecule has 8 heteroatoms. The lowest BCUT2D eigenvalue weighted by atomic mass is 9.99. The van der Waals surface area contributed by atoms with Crippen LogP contribution in [0.5, 0.6) is 0 Å². The van der Waals surface area contributed by atoms with Crippen molar-refractivity contribution in [1.82, 2.24) is 5.32 Å². The van der Waals surface area contributed by atoms with Gasteiger partial charge < -0.3 is 19.8 Å². The minimum atomic E-state index is -0.803. The van der Waals surface area contributed by atoms with Crippen molar-refractivity contribution in [3.8, 4) is 0 Å². The molecule has 0 fully saturated rings. The number of anilines is 1. The van der Waals surface area contributed by atoms with E-state index in [4.69, 9.17) is 20.8 Å². The van der Waals surface area contributed by atoms with Crippen LogP contribution in [-0.2, 0) is 16.0 Å². The number of benzene rings is 2. The molecule has 3 aromatic rings. The van der Waals surface area contributed by atoms with Gasteiger partial charge in [0.25, 0.3) is 5.91 Å². The number of furan rings is 1. The third-order valence-electron chi connectivity index (χ3n) is 4.62. The van der Waals surface area contributed by atoms with Crippen LogP contribution in [0.1, 0.15) is 43.6 Å². The molecule has 1 unspecified atom stereocenters. The SMILES string of the molecule is CC(NC(=O)OC(C)(C)C)C(=O)Cc1cccc(Cl)c1C(=O)Nc1ccc2occc2c1. The predicted molar refractivity (Wildman–Crippen MR) is 123 cm³/mol. The van der Waals surface area contributed by atoms with Gasteiger partial charge in [0, 0.05) is 17.5 Å². The summed E-state index contributed by atoms with van der Waals surface area (Å²) in [5.41, 5.74) is 1.27. The van der Waals surface area contributed by atoms with Gasteiger partial charge in [0.1, 0.15) is 11.2 Å². The van der Waals surface area contributed by atoms with Gasteiger partial charge in [-0.05, 0) is 63.6 Å². The molecule has 7 nitrogen and oxygen atoms in total. The van der Waals surface area contributed by atoms with Crippen molar-refractivity contribution in [2.24, 2.45) is 0 Å². The zero-order valence-electron chi connectivity index (χ0n) is 18.3. The lowest BCUT2D eigenvalue weighted by Gasteiger charge is -2.21. The monoisotopic (exact) mass is 456 g/mol. The molecule has 1 aromatic heterocycles. The standard InChI is InChI=1S/C24H25ClN2O5/c1-14(26-23(30)32-24(2,3)4)19(28)13-16-6-5-7-18(25)21(16)22(29)27-17-8-9-20-15(12-17)10-11-31-20/h5-12,14H,13H2,1-4H3,(H,26,30)(H,27,29). The molecule has 3 rings (SSSR count). The van der Waals surface area contributed by atoms with Crippen molar-refractivity contribution in [2.75, 3.05) is 5.32 Å². The fourth-order valence-electron chi connectivity index (χ4n) is 3.11. The second-order valence-electron chi connectivity index (χ2n) is 8.41. The first-order chi connectivity index (χ1) is 15.0. The number of carbonyl (C=O) groups excluding carboxylic acids is 3. The van der Waals surface area contributed by atoms with Crippen LogP contribution in [0.15, 0.2) is 53.1 Å². The van der Waals surface area contributed by atoms with Crippen LogP contribution < -0.4 is 10.6 Å². The molecule has 0 bridgehead atoms. The summed E-state index contributed by atoms with van der Waals surface area (Å²) in [6.45, 7) is 6.78. The molecule has 0 aliphatic rings. The van der Waals surface area contributed by atoms with Gasteiger partial charge in [-0.1, -0.05) is 23.7 Å². The topological polar surface area (TPSA) is 97.6 Å². The molecular formula is C24H25ClN2O5. The number of nitrogens with one attached hydrogen (secondary N) is 2. The van der Waals surface area contributed by atoms with Crippen molar-refractivity contribution >= 4 is 46.0 Å². The summed E-state index contributed by atoms with van der Waals surface area (Å²) in [5.74, 6) is -0.721. The van der Waals surface area contributed by atoms with Crippen LogP contribution in [0.3, 0.4) is 0 Å². The highest BCUT2D eigenvalue weighted by Gasteiger charge is 2.23. The second kappa shape index (κ2) is 9.44. The van der Waals surface area contributed by atoms with Crippen molar-refractivity contribution in [3.05, 3.63) is 64.9 Å². The van der Waals surface area contributed by atoms with E-state index in [-0.39, 0.29) is 22.8 Å². The summed E-state index contributed by atoms with van der Waals surface area (Å²) < 4.78 is 10.5. The average molecular weight is 457 g/mol. The third-order valence-corrected chi connectivity index (χ3v) is 4.93. The lowest BCUT2D eigenvalue weighted by molar-refractivity contribution is -0.120. The van der Waals surface area contributed by atoms with E-state index >= 15 is 0 Å².